The smallest absolute Gasteiger partial charge is 0.307 e. The fraction of sp³-hybridized carbons (Fsp3) is 0.818. The quantitative estimate of drug-likeness (QED) is 0.615. The fourth-order valence-corrected chi connectivity index (χ4v) is 6.86. The lowest BCUT2D eigenvalue weighted by Gasteiger charge is -2.56. The van der Waals surface area contributed by atoms with Crippen LogP contribution in [0.15, 0.2) is 11.6 Å². The summed E-state index contributed by atoms with van der Waals surface area (Å²) in [5, 5.41) is 0. The lowest BCUT2D eigenvalue weighted by Crippen LogP contribution is -2.50. The lowest BCUT2D eigenvalue weighted by atomic mass is 9.48. The third kappa shape index (κ3) is 2.67. The molecule has 0 amide bonds. The minimum Gasteiger partial charge on any atom is -0.462 e. The van der Waals surface area contributed by atoms with E-state index in [1.54, 1.807) is 0 Å². The first-order valence-corrected chi connectivity index (χ1v) is 10.5. The monoisotopic (exact) mass is 359 g/mol. The van der Waals surface area contributed by atoms with Crippen molar-refractivity contribution in [1.29, 1.82) is 0 Å². The summed E-state index contributed by atoms with van der Waals surface area (Å²) in [5.74, 6) is 2.27. The molecule has 4 nitrogen and oxygen atoms in total. The van der Waals surface area contributed by atoms with Crippen LogP contribution in [0.3, 0.4) is 0 Å². The number of Topliss-reactive ketones (excluding diaryl/α,β-unsaturated/α-hetero) is 1. The Bertz CT molecular complexity index is 641. The number of ether oxygens (including phenoxy) is 1. The van der Waals surface area contributed by atoms with Gasteiger partial charge < -0.3 is 10.5 Å². The maximum absolute atomic E-state index is 12.5. The van der Waals surface area contributed by atoms with Gasteiger partial charge in [0.1, 0.15) is 11.9 Å². The molecule has 3 fully saturated rings. The molecule has 6 atom stereocenters. The zero-order valence-corrected chi connectivity index (χ0v) is 16.3. The second-order valence-corrected chi connectivity index (χ2v) is 9.57. The maximum Gasteiger partial charge on any atom is 0.307 e. The third-order valence-corrected chi connectivity index (χ3v) is 8.41. The van der Waals surface area contributed by atoms with E-state index in [0.29, 0.717) is 36.5 Å². The summed E-state index contributed by atoms with van der Waals surface area (Å²) in [6.07, 6.45) is 10.9. The summed E-state index contributed by atoms with van der Waals surface area (Å²) in [5.41, 5.74) is 7.14. The molecule has 3 unspecified atom stereocenters. The molecule has 144 valence electrons. The summed E-state index contributed by atoms with van der Waals surface area (Å²) in [7, 11) is 0. The van der Waals surface area contributed by atoms with Gasteiger partial charge in [-0.2, -0.15) is 0 Å². The van der Waals surface area contributed by atoms with Crippen molar-refractivity contribution in [3.8, 4) is 0 Å². The van der Waals surface area contributed by atoms with Gasteiger partial charge in [0.05, 0.1) is 6.42 Å². The Hall–Kier alpha value is -1.16. The SMILES string of the molecule is C[C@]12CC[C@H](OC(=O)CCN)CC1=CCC1C2CC[C@]2(C)C(=O)CCC12. The molecule has 3 saturated carbocycles. The molecule has 0 saturated heterocycles. The van der Waals surface area contributed by atoms with Crippen molar-refractivity contribution >= 4 is 11.8 Å². The standard InChI is InChI=1S/C22H33NO3/c1-21-10-7-15(26-20(25)9-12-23)13-14(21)3-4-16-17-5-6-19(24)22(17,2)11-8-18(16)21/h3,15-18H,4-13,23H2,1-2H3/t15-,16?,17?,18?,21-,22-/m0/s1. The van der Waals surface area contributed by atoms with Gasteiger partial charge in [-0.1, -0.05) is 25.5 Å². The van der Waals surface area contributed by atoms with Crippen LogP contribution in [0, 0.1) is 28.6 Å². The molecule has 4 heteroatoms. The summed E-state index contributed by atoms with van der Waals surface area (Å²) in [6, 6.07) is 0. The van der Waals surface area contributed by atoms with Gasteiger partial charge in [-0.15, -0.1) is 0 Å². The second-order valence-electron chi connectivity index (χ2n) is 9.57. The van der Waals surface area contributed by atoms with Crippen molar-refractivity contribution in [1.82, 2.24) is 0 Å². The topological polar surface area (TPSA) is 69.4 Å². The molecule has 0 aromatic rings. The molecule has 0 aromatic carbocycles. The van der Waals surface area contributed by atoms with E-state index < -0.39 is 0 Å². The number of hydrogen-bond donors (Lipinski definition) is 1. The van der Waals surface area contributed by atoms with Crippen LogP contribution in [-0.2, 0) is 14.3 Å². The molecule has 0 heterocycles. The largest absolute Gasteiger partial charge is 0.462 e. The van der Waals surface area contributed by atoms with Crippen LogP contribution in [0.4, 0.5) is 0 Å². The average Bonchev–Trinajstić information content (AvgIpc) is 2.91. The number of allylic oxidation sites excluding steroid dienone is 1. The van der Waals surface area contributed by atoms with Crippen molar-refractivity contribution in [3.05, 3.63) is 11.6 Å². The van der Waals surface area contributed by atoms with Crippen LogP contribution in [-0.4, -0.2) is 24.4 Å². The molecule has 0 bridgehead atoms. The second kappa shape index (κ2) is 6.47. The van der Waals surface area contributed by atoms with Gasteiger partial charge in [-0.25, -0.2) is 0 Å². The van der Waals surface area contributed by atoms with Gasteiger partial charge in [0.15, 0.2) is 0 Å². The maximum atomic E-state index is 12.5. The van der Waals surface area contributed by atoms with Crippen LogP contribution >= 0.6 is 0 Å². The number of rotatable bonds is 3. The number of carbonyl (C=O) groups excluding carboxylic acids is 2. The molecule has 4 aliphatic rings. The van der Waals surface area contributed by atoms with E-state index in [2.05, 4.69) is 19.9 Å². The van der Waals surface area contributed by atoms with E-state index in [9.17, 15) is 9.59 Å². The molecule has 0 aromatic heterocycles. The first-order valence-electron chi connectivity index (χ1n) is 10.5. The van der Waals surface area contributed by atoms with Gasteiger partial charge >= 0.3 is 5.97 Å². The van der Waals surface area contributed by atoms with Crippen molar-refractivity contribution in [3.63, 3.8) is 0 Å². The molecular weight excluding hydrogens is 326 g/mol. The Balaban J connectivity index is 1.52. The molecule has 0 aliphatic heterocycles. The van der Waals surface area contributed by atoms with Crippen LogP contribution in [0.1, 0.15) is 71.6 Å². The predicted octanol–water partition coefficient (Wildman–Crippen LogP) is 3.78. The minimum atomic E-state index is -0.159. The minimum absolute atomic E-state index is 0.0202. The Morgan fingerprint density at radius 2 is 1.92 bits per heavy atom. The lowest BCUT2D eigenvalue weighted by molar-refractivity contribution is -0.151. The summed E-state index contributed by atoms with van der Waals surface area (Å²) in [4.78, 5) is 24.3. The van der Waals surface area contributed by atoms with E-state index in [1.807, 2.05) is 0 Å². The molecule has 0 radical (unpaired) electrons. The zero-order chi connectivity index (χ0) is 18.5. The molecule has 4 rings (SSSR count). The van der Waals surface area contributed by atoms with Crippen LogP contribution in [0.2, 0.25) is 0 Å². The van der Waals surface area contributed by atoms with Crippen LogP contribution in [0.5, 0.6) is 0 Å². The van der Waals surface area contributed by atoms with Gasteiger partial charge in [-0.05, 0) is 61.7 Å². The zero-order valence-electron chi connectivity index (χ0n) is 16.3. The van der Waals surface area contributed by atoms with Crippen molar-refractivity contribution in [2.75, 3.05) is 6.54 Å². The molecular formula is C22H33NO3. The average molecular weight is 360 g/mol. The normalized spacial score (nSPS) is 44.6. The Kier molecular flexibility index (Phi) is 4.53. The fourth-order valence-electron chi connectivity index (χ4n) is 6.86. The number of hydrogen-bond acceptors (Lipinski definition) is 4. The highest BCUT2D eigenvalue weighted by Crippen LogP contribution is 2.64. The van der Waals surface area contributed by atoms with E-state index >= 15 is 0 Å². The number of nitrogens with two attached hydrogens (primary N) is 1. The first-order chi connectivity index (χ1) is 12.4. The van der Waals surface area contributed by atoms with E-state index in [1.165, 1.54) is 12.0 Å². The first kappa shape index (κ1) is 18.2. The molecule has 4 aliphatic carbocycles. The molecule has 2 N–H and O–H groups in total. The summed E-state index contributed by atoms with van der Waals surface area (Å²) < 4.78 is 5.66. The number of carbonyl (C=O) groups is 2. The third-order valence-electron chi connectivity index (χ3n) is 8.41. The number of ketones is 1. The number of fused-ring (bicyclic) bond motifs is 5. The van der Waals surface area contributed by atoms with Gasteiger partial charge in [0, 0.05) is 24.8 Å². The Morgan fingerprint density at radius 3 is 2.69 bits per heavy atom. The van der Waals surface area contributed by atoms with Crippen LogP contribution < -0.4 is 5.73 Å². The Morgan fingerprint density at radius 1 is 1.19 bits per heavy atom. The van der Waals surface area contributed by atoms with Gasteiger partial charge in [-0.3, -0.25) is 9.59 Å². The predicted molar refractivity (Wildman–Crippen MR) is 100 cm³/mol. The van der Waals surface area contributed by atoms with E-state index in [0.717, 1.165) is 44.9 Å². The highest BCUT2D eigenvalue weighted by atomic mass is 16.5. The molecule has 0 spiro atoms. The van der Waals surface area contributed by atoms with Crippen molar-refractivity contribution in [2.24, 2.45) is 34.3 Å². The Labute approximate surface area is 156 Å². The summed E-state index contributed by atoms with van der Waals surface area (Å²) >= 11 is 0. The summed E-state index contributed by atoms with van der Waals surface area (Å²) in [6.45, 7) is 5.03. The highest BCUT2D eigenvalue weighted by Gasteiger charge is 2.58. The highest BCUT2D eigenvalue weighted by molar-refractivity contribution is 5.87. The van der Waals surface area contributed by atoms with Gasteiger partial charge in [0.25, 0.3) is 0 Å². The van der Waals surface area contributed by atoms with E-state index in [4.69, 9.17) is 10.5 Å². The van der Waals surface area contributed by atoms with Crippen molar-refractivity contribution < 1.29 is 14.3 Å². The van der Waals surface area contributed by atoms with E-state index in [-0.39, 0.29) is 22.9 Å². The van der Waals surface area contributed by atoms with Crippen LogP contribution in [0.25, 0.3) is 0 Å². The van der Waals surface area contributed by atoms with Gasteiger partial charge in [0.2, 0.25) is 0 Å². The van der Waals surface area contributed by atoms with Crippen molar-refractivity contribution in [2.45, 2.75) is 77.7 Å². The molecule has 26 heavy (non-hydrogen) atoms. The number of esters is 1.